The summed E-state index contributed by atoms with van der Waals surface area (Å²) in [5.41, 5.74) is 1.80. The summed E-state index contributed by atoms with van der Waals surface area (Å²) in [4.78, 5) is 35.5. The van der Waals surface area contributed by atoms with Gasteiger partial charge in [0.05, 0.1) is 17.0 Å². The minimum absolute atomic E-state index is 0.0341. The Bertz CT molecular complexity index is 880. The van der Waals surface area contributed by atoms with Gasteiger partial charge < -0.3 is 15.2 Å². The van der Waals surface area contributed by atoms with E-state index in [1.807, 2.05) is 23.1 Å². The maximum absolute atomic E-state index is 13.4. The number of likely N-dealkylation sites (tertiary alicyclic amines) is 1. The highest BCUT2D eigenvalue weighted by molar-refractivity contribution is 6.31. The Morgan fingerprint density at radius 1 is 1.21 bits per heavy atom. The average Bonchev–Trinajstić information content (AvgIpc) is 3.15. The average molecular weight is 403 g/mol. The molecule has 6 nitrogen and oxygen atoms in total. The first-order valence-electron chi connectivity index (χ1n) is 10.2. The van der Waals surface area contributed by atoms with Gasteiger partial charge in [-0.05, 0) is 43.9 Å². The Balaban J connectivity index is 1.55. The van der Waals surface area contributed by atoms with Gasteiger partial charge in [-0.15, -0.1) is 0 Å². The van der Waals surface area contributed by atoms with Gasteiger partial charge in [-0.2, -0.15) is 0 Å². The first-order valence-corrected chi connectivity index (χ1v) is 10.6. The highest BCUT2D eigenvalue weighted by Gasteiger charge is 2.38. The number of rotatable bonds is 3. The number of amides is 2. The van der Waals surface area contributed by atoms with E-state index in [1.54, 1.807) is 7.05 Å². The van der Waals surface area contributed by atoms with Crippen LogP contribution in [0, 0.1) is 11.8 Å². The fraction of sp³-hybridized carbons (Fsp3) is 0.571. The molecule has 2 N–H and O–H groups in total. The number of nitrogens with zero attached hydrogens (tertiary/aromatic N) is 2. The number of hydrogen-bond donors (Lipinski definition) is 2. The van der Waals surface area contributed by atoms with Crippen LogP contribution in [0.4, 0.5) is 0 Å². The molecule has 0 bridgehead atoms. The van der Waals surface area contributed by atoms with E-state index in [4.69, 9.17) is 16.6 Å². The van der Waals surface area contributed by atoms with Crippen molar-refractivity contribution in [2.75, 3.05) is 20.1 Å². The number of halogens is 1. The van der Waals surface area contributed by atoms with Crippen molar-refractivity contribution in [2.24, 2.45) is 11.8 Å². The summed E-state index contributed by atoms with van der Waals surface area (Å²) in [5.74, 6) is 1.01. The topological polar surface area (TPSA) is 78.1 Å². The second-order valence-corrected chi connectivity index (χ2v) is 8.46. The van der Waals surface area contributed by atoms with Crippen molar-refractivity contribution < 1.29 is 9.59 Å². The number of aromatic nitrogens is 2. The fourth-order valence-electron chi connectivity index (χ4n) is 4.76. The third-order valence-corrected chi connectivity index (χ3v) is 6.48. The van der Waals surface area contributed by atoms with E-state index in [0.29, 0.717) is 11.6 Å². The number of H-pyrrole nitrogens is 1. The number of aromatic amines is 1. The molecule has 2 heterocycles. The molecule has 0 spiro atoms. The van der Waals surface area contributed by atoms with E-state index < -0.39 is 0 Å². The summed E-state index contributed by atoms with van der Waals surface area (Å²) in [5, 5.41) is 3.40. The molecule has 0 unspecified atom stereocenters. The lowest BCUT2D eigenvalue weighted by molar-refractivity contribution is -0.140. The molecule has 1 saturated heterocycles. The molecule has 3 atom stereocenters. The van der Waals surface area contributed by atoms with Crippen LogP contribution in [-0.4, -0.2) is 46.8 Å². The summed E-state index contributed by atoms with van der Waals surface area (Å²) >= 11 is 6.10. The number of piperidine rings is 1. The van der Waals surface area contributed by atoms with Crippen LogP contribution in [-0.2, 0) is 9.59 Å². The molecule has 2 fully saturated rings. The van der Waals surface area contributed by atoms with Crippen LogP contribution < -0.4 is 5.32 Å². The summed E-state index contributed by atoms with van der Waals surface area (Å²) in [6.07, 6.45) is 5.73. The van der Waals surface area contributed by atoms with Crippen LogP contribution in [0.3, 0.4) is 0 Å². The Labute approximate surface area is 170 Å². The van der Waals surface area contributed by atoms with Crippen LogP contribution in [0.2, 0.25) is 5.02 Å². The van der Waals surface area contributed by atoms with Gasteiger partial charge in [0.2, 0.25) is 11.8 Å². The molecular weight excluding hydrogens is 376 g/mol. The molecule has 150 valence electrons. The predicted molar refractivity (Wildman–Crippen MR) is 109 cm³/mol. The Hall–Kier alpha value is -2.08. The van der Waals surface area contributed by atoms with E-state index in [-0.39, 0.29) is 29.6 Å². The first kappa shape index (κ1) is 19.2. The molecule has 1 saturated carbocycles. The lowest BCUT2D eigenvalue weighted by Crippen LogP contribution is -2.48. The molecule has 0 radical (unpaired) electrons. The molecule has 2 amide bonds. The molecule has 2 aromatic rings. The van der Waals surface area contributed by atoms with Crippen molar-refractivity contribution in [3.05, 3.63) is 29.0 Å². The predicted octanol–water partition coefficient (Wildman–Crippen LogP) is 3.47. The van der Waals surface area contributed by atoms with Gasteiger partial charge >= 0.3 is 0 Å². The molecular formula is C21H27ClN4O2. The Kier molecular flexibility index (Phi) is 5.58. The third-order valence-electron chi connectivity index (χ3n) is 6.25. The molecule has 4 rings (SSSR count). The van der Waals surface area contributed by atoms with Gasteiger partial charge in [-0.25, -0.2) is 4.98 Å². The summed E-state index contributed by atoms with van der Waals surface area (Å²) in [7, 11) is 1.66. The number of carbonyl (C=O) groups is 2. The molecule has 1 aromatic carbocycles. The Morgan fingerprint density at radius 2 is 2.04 bits per heavy atom. The van der Waals surface area contributed by atoms with Crippen LogP contribution in [0.1, 0.15) is 50.3 Å². The minimum Gasteiger partial charge on any atom is -0.359 e. The standard InChI is InChI=1S/C21H27ClN4O2/c1-23-20(27)13-5-4-10-26(12-13)21(28)16-7-3-2-6-15(16)19-24-17-9-8-14(22)11-18(17)25-19/h8-9,11,13,15-16H,2-7,10,12H2,1H3,(H,23,27)(H,24,25)/t13-,15-,16+/m1/s1. The van der Waals surface area contributed by atoms with Gasteiger partial charge in [0.25, 0.3) is 0 Å². The van der Waals surface area contributed by atoms with Crippen LogP contribution in [0.25, 0.3) is 11.0 Å². The second-order valence-electron chi connectivity index (χ2n) is 8.02. The van der Waals surface area contributed by atoms with Gasteiger partial charge in [0, 0.05) is 37.0 Å². The van der Waals surface area contributed by atoms with Crippen LogP contribution >= 0.6 is 11.6 Å². The first-order chi connectivity index (χ1) is 13.6. The maximum Gasteiger partial charge on any atom is 0.226 e. The number of fused-ring (bicyclic) bond motifs is 1. The van der Waals surface area contributed by atoms with E-state index in [2.05, 4.69) is 10.3 Å². The lowest BCUT2D eigenvalue weighted by atomic mass is 9.77. The highest BCUT2D eigenvalue weighted by Crippen LogP contribution is 2.39. The van der Waals surface area contributed by atoms with E-state index in [9.17, 15) is 9.59 Å². The molecule has 1 aliphatic heterocycles. The summed E-state index contributed by atoms with van der Waals surface area (Å²) in [6, 6.07) is 5.63. The van der Waals surface area contributed by atoms with Gasteiger partial charge in [-0.1, -0.05) is 24.4 Å². The largest absolute Gasteiger partial charge is 0.359 e. The van der Waals surface area contributed by atoms with Crippen LogP contribution in [0.15, 0.2) is 18.2 Å². The monoisotopic (exact) mass is 402 g/mol. The molecule has 2 aliphatic rings. The molecule has 1 aromatic heterocycles. The molecule has 28 heavy (non-hydrogen) atoms. The fourth-order valence-corrected chi connectivity index (χ4v) is 4.93. The van der Waals surface area contributed by atoms with Crippen molar-refractivity contribution >= 4 is 34.4 Å². The maximum atomic E-state index is 13.4. The highest BCUT2D eigenvalue weighted by atomic mass is 35.5. The van der Waals surface area contributed by atoms with Crippen molar-refractivity contribution in [1.29, 1.82) is 0 Å². The van der Waals surface area contributed by atoms with Crippen molar-refractivity contribution in [1.82, 2.24) is 20.2 Å². The van der Waals surface area contributed by atoms with E-state index in [0.717, 1.165) is 61.9 Å². The van der Waals surface area contributed by atoms with E-state index >= 15 is 0 Å². The number of hydrogen-bond acceptors (Lipinski definition) is 3. The van der Waals surface area contributed by atoms with Gasteiger partial charge in [-0.3, -0.25) is 9.59 Å². The number of benzene rings is 1. The van der Waals surface area contributed by atoms with Crippen molar-refractivity contribution in [2.45, 2.75) is 44.4 Å². The SMILES string of the molecule is CNC(=O)[C@@H]1CCCN(C(=O)[C@H]2CCCC[C@H]2c2nc3ccc(Cl)cc3[nH]2)C1. The number of nitrogens with one attached hydrogen (secondary N) is 2. The van der Waals surface area contributed by atoms with E-state index in [1.165, 1.54) is 0 Å². The minimum atomic E-state index is -0.0990. The Morgan fingerprint density at radius 3 is 2.86 bits per heavy atom. The molecule has 7 heteroatoms. The van der Waals surface area contributed by atoms with Crippen LogP contribution in [0.5, 0.6) is 0 Å². The smallest absolute Gasteiger partial charge is 0.226 e. The number of imidazole rings is 1. The van der Waals surface area contributed by atoms with Crippen molar-refractivity contribution in [3.8, 4) is 0 Å². The lowest BCUT2D eigenvalue weighted by Gasteiger charge is -2.37. The van der Waals surface area contributed by atoms with Gasteiger partial charge in [0.1, 0.15) is 5.82 Å². The summed E-state index contributed by atoms with van der Waals surface area (Å²) < 4.78 is 0. The van der Waals surface area contributed by atoms with Gasteiger partial charge in [0.15, 0.2) is 0 Å². The zero-order valence-corrected chi connectivity index (χ0v) is 17.0. The summed E-state index contributed by atoms with van der Waals surface area (Å²) in [6.45, 7) is 1.27. The molecule has 1 aliphatic carbocycles. The zero-order chi connectivity index (χ0) is 19.7. The number of carbonyl (C=O) groups excluding carboxylic acids is 2. The quantitative estimate of drug-likeness (QED) is 0.825. The van der Waals surface area contributed by atoms with Crippen molar-refractivity contribution in [3.63, 3.8) is 0 Å². The second kappa shape index (κ2) is 8.11. The zero-order valence-electron chi connectivity index (χ0n) is 16.2. The normalized spacial score (nSPS) is 25.6. The third kappa shape index (κ3) is 3.75.